The van der Waals surface area contributed by atoms with E-state index in [0.717, 1.165) is 32.0 Å². The predicted molar refractivity (Wildman–Crippen MR) is 108 cm³/mol. The van der Waals surface area contributed by atoms with E-state index >= 15 is 0 Å². The molecular formula is C21H21N3O2S. The van der Waals surface area contributed by atoms with Crippen molar-refractivity contribution in [1.82, 2.24) is 10.3 Å². The van der Waals surface area contributed by atoms with E-state index in [9.17, 15) is 9.59 Å². The lowest BCUT2D eigenvalue weighted by Crippen LogP contribution is -2.32. The van der Waals surface area contributed by atoms with Crippen molar-refractivity contribution in [3.05, 3.63) is 58.6 Å². The van der Waals surface area contributed by atoms with Crippen LogP contribution in [0.3, 0.4) is 0 Å². The fourth-order valence-corrected chi connectivity index (χ4v) is 4.35. The summed E-state index contributed by atoms with van der Waals surface area (Å²) in [5.74, 6) is -0.411. The van der Waals surface area contributed by atoms with E-state index in [1.54, 1.807) is 16.2 Å². The van der Waals surface area contributed by atoms with Crippen molar-refractivity contribution in [1.29, 1.82) is 0 Å². The van der Waals surface area contributed by atoms with Crippen LogP contribution in [0.25, 0.3) is 10.2 Å². The second-order valence-corrected chi connectivity index (χ2v) is 8.03. The van der Waals surface area contributed by atoms with Crippen LogP contribution in [-0.4, -0.2) is 23.3 Å². The second-order valence-electron chi connectivity index (χ2n) is 6.92. The molecule has 0 spiro atoms. The van der Waals surface area contributed by atoms with E-state index < -0.39 is 0 Å². The standard InChI is InChI=1S/C21H21N3O2S/c1-13-6-5-8-17(14(13)2)24-12-15(10-20(24)25)21(26)22-11-19-23-16-7-3-4-9-18(16)27-19/h3-9,15H,10-12H2,1-2H3,(H,22,26). The summed E-state index contributed by atoms with van der Waals surface area (Å²) in [6.07, 6.45) is 0.249. The van der Waals surface area contributed by atoms with Crippen molar-refractivity contribution in [2.24, 2.45) is 5.92 Å². The Balaban J connectivity index is 1.42. The topological polar surface area (TPSA) is 62.3 Å². The molecule has 1 saturated heterocycles. The number of thiazole rings is 1. The number of benzene rings is 2. The van der Waals surface area contributed by atoms with Gasteiger partial charge < -0.3 is 10.2 Å². The van der Waals surface area contributed by atoms with E-state index in [2.05, 4.69) is 10.3 Å². The number of nitrogens with one attached hydrogen (secondary N) is 1. The first-order valence-corrected chi connectivity index (χ1v) is 9.83. The summed E-state index contributed by atoms with van der Waals surface area (Å²) in [6, 6.07) is 13.9. The fraction of sp³-hybridized carbons (Fsp3) is 0.286. The summed E-state index contributed by atoms with van der Waals surface area (Å²) in [7, 11) is 0. The van der Waals surface area contributed by atoms with Gasteiger partial charge in [0.1, 0.15) is 5.01 Å². The maximum atomic E-state index is 12.6. The average Bonchev–Trinajstić information content (AvgIpc) is 3.25. The molecule has 0 saturated carbocycles. The molecule has 2 amide bonds. The number of aryl methyl sites for hydroxylation is 1. The highest BCUT2D eigenvalue weighted by Gasteiger charge is 2.35. The molecule has 1 N–H and O–H groups in total. The highest BCUT2D eigenvalue weighted by molar-refractivity contribution is 7.18. The molecule has 6 heteroatoms. The Morgan fingerprint density at radius 1 is 1.22 bits per heavy atom. The number of nitrogens with zero attached hydrogens (tertiary/aromatic N) is 2. The van der Waals surface area contributed by atoms with E-state index in [1.165, 1.54) is 0 Å². The summed E-state index contributed by atoms with van der Waals surface area (Å²) in [5, 5.41) is 3.83. The molecule has 1 atom stereocenters. The van der Waals surface area contributed by atoms with Crippen LogP contribution in [0, 0.1) is 19.8 Å². The van der Waals surface area contributed by atoms with Crippen molar-refractivity contribution in [3.8, 4) is 0 Å². The van der Waals surface area contributed by atoms with Gasteiger partial charge in [-0.2, -0.15) is 0 Å². The van der Waals surface area contributed by atoms with Crippen molar-refractivity contribution in [2.75, 3.05) is 11.4 Å². The average molecular weight is 379 g/mol. The first-order chi connectivity index (χ1) is 13.0. The van der Waals surface area contributed by atoms with Gasteiger partial charge in [0.15, 0.2) is 0 Å². The van der Waals surface area contributed by atoms with E-state index in [4.69, 9.17) is 0 Å². The van der Waals surface area contributed by atoms with E-state index in [1.807, 2.05) is 56.3 Å². The molecule has 4 rings (SSSR count). The normalized spacial score (nSPS) is 16.9. The molecule has 27 heavy (non-hydrogen) atoms. The van der Waals surface area contributed by atoms with Gasteiger partial charge in [0, 0.05) is 18.7 Å². The van der Waals surface area contributed by atoms with Crippen molar-refractivity contribution < 1.29 is 9.59 Å². The third-order valence-corrected chi connectivity index (χ3v) is 6.15. The molecule has 0 bridgehead atoms. The molecule has 0 aliphatic carbocycles. The minimum absolute atomic E-state index is 0.00355. The maximum Gasteiger partial charge on any atom is 0.227 e. The summed E-state index contributed by atoms with van der Waals surface area (Å²) >= 11 is 1.58. The lowest BCUT2D eigenvalue weighted by molar-refractivity contribution is -0.126. The first-order valence-electron chi connectivity index (χ1n) is 9.01. The largest absolute Gasteiger partial charge is 0.349 e. The molecule has 1 unspecified atom stereocenters. The number of amides is 2. The lowest BCUT2D eigenvalue weighted by Gasteiger charge is -2.20. The Morgan fingerprint density at radius 2 is 2.04 bits per heavy atom. The highest BCUT2D eigenvalue weighted by Crippen LogP contribution is 2.29. The number of hydrogen-bond donors (Lipinski definition) is 1. The lowest BCUT2D eigenvalue weighted by atomic mass is 10.1. The smallest absolute Gasteiger partial charge is 0.227 e. The van der Waals surface area contributed by atoms with Crippen LogP contribution in [-0.2, 0) is 16.1 Å². The molecule has 5 nitrogen and oxygen atoms in total. The Morgan fingerprint density at radius 3 is 2.85 bits per heavy atom. The molecule has 1 fully saturated rings. The third kappa shape index (κ3) is 3.45. The van der Waals surface area contributed by atoms with Crippen LogP contribution in [0.15, 0.2) is 42.5 Å². The summed E-state index contributed by atoms with van der Waals surface area (Å²) in [6.45, 7) is 4.86. The minimum atomic E-state index is -0.327. The maximum absolute atomic E-state index is 12.6. The molecule has 138 valence electrons. The van der Waals surface area contributed by atoms with E-state index in [-0.39, 0.29) is 24.2 Å². The number of aromatic nitrogens is 1. The van der Waals surface area contributed by atoms with Crippen LogP contribution >= 0.6 is 11.3 Å². The first kappa shape index (κ1) is 17.7. The van der Waals surface area contributed by atoms with Gasteiger partial charge >= 0.3 is 0 Å². The SMILES string of the molecule is Cc1cccc(N2CC(C(=O)NCc3nc4ccccc4s3)CC2=O)c1C. The van der Waals surface area contributed by atoms with Crippen LogP contribution in [0.4, 0.5) is 5.69 Å². The molecular weight excluding hydrogens is 358 g/mol. The van der Waals surface area contributed by atoms with E-state index in [0.29, 0.717) is 13.1 Å². The minimum Gasteiger partial charge on any atom is -0.349 e. The molecule has 2 heterocycles. The van der Waals surface area contributed by atoms with Crippen LogP contribution in [0.5, 0.6) is 0 Å². The van der Waals surface area contributed by atoms with Crippen LogP contribution < -0.4 is 10.2 Å². The van der Waals surface area contributed by atoms with Gasteiger partial charge in [-0.05, 0) is 43.2 Å². The molecule has 0 radical (unpaired) electrons. The number of fused-ring (bicyclic) bond motifs is 1. The number of anilines is 1. The zero-order chi connectivity index (χ0) is 19.0. The van der Waals surface area contributed by atoms with Crippen molar-refractivity contribution in [2.45, 2.75) is 26.8 Å². The van der Waals surface area contributed by atoms with Gasteiger partial charge in [-0.15, -0.1) is 11.3 Å². The number of hydrogen-bond acceptors (Lipinski definition) is 4. The number of rotatable bonds is 4. The van der Waals surface area contributed by atoms with Gasteiger partial charge in [-0.1, -0.05) is 24.3 Å². The van der Waals surface area contributed by atoms with Crippen molar-refractivity contribution >= 4 is 39.1 Å². The van der Waals surface area contributed by atoms with Gasteiger partial charge in [0.05, 0.1) is 22.7 Å². The number of para-hydroxylation sites is 1. The zero-order valence-electron chi connectivity index (χ0n) is 15.4. The summed E-state index contributed by atoms with van der Waals surface area (Å²) < 4.78 is 1.11. The number of carbonyl (C=O) groups is 2. The summed E-state index contributed by atoms with van der Waals surface area (Å²) in [4.78, 5) is 31.4. The van der Waals surface area contributed by atoms with Gasteiger partial charge in [-0.25, -0.2) is 4.98 Å². The van der Waals surface area contributed by atoms with Crippen molar-refractivity contribution in [3.63, 3.8) is 0 Å². The Kier molecular flexibility index (Phi) is 4.66. The molecule has 2 aromatic carbocycles. The Hall–Kier alpha value is -2.73. The Labute approximate surface area is 162 Å². The van der Waals surface area contributed by atoms with Gasteiger partial charge in [-0.3, -0.25) is 9.59 Å². The van der Waals surface area contributed by atoms with Gasteiger partial charge in [0.25, 0.3) is 0 Å². The zero-order valence-corrected chi connectivity index (χ0v) is 16.2. The quantitative estimate of drug-likeness (QED) is 0.754. The molecule has 1 aliphatic rings. The monoisotopic (exact) mass is 379 g/mol. The van der Waals surface area contributed by atoms with Gasteiger partial charge in [0.2, 0.25) is 11.8 Å². The fourth-order valence-electron chi connectivity index (χ4n) is 3.45. The Bertz CT molecular complexity index is 994. The molecule has 1 aliphatic heterocycles. The van der Waals surface area contributed by atoms with Crippen LogP contribution in [0.2, 0.25) is 0 Å². The second kappa shape index (κ2) is 7.12. The van der Waals surface area contributed by atoms with Crippen LogP contribution in [0.1, 0.15) is 22.6 Å². The third-order valence-electron chi connectivity index (χ3n) is 5.11. The number of carbonyl (C=O) groups excluding carboxylic acids is 2. The molecule has 3 aromatic rings. The predicted octanol–water partition coefficient (Wildman–Crippen LogP) is 3.58. The summed E-state index contributed by atoms with van der Waals surface area (Å²) in [5.41, 5.74) is 4.08. The highest BCUT2D eigenvalue weighted by atomic mass is 32.1. The molecule has 1 aromatic heterocycles.